The number of imidazole rings is 1. The number of rotatable bonds is 6. The van der Waals surface area contributed by atoms with E-state index in [9.17, 15) is 0 Å². The van der Waals surface area contributed by atoms with Gasteiger partial charge >= 0.3 is 0 Å². The van der Waals surface area contributed by atoms with Crippen molar-refractivity contribution >= 4 is 11.6 Å². The van der Waals surface area contributed by atoms with Gasteiger partial charge in [-0.25, -0.2) is 4.98 Å². The highest BCUT2D eigenvalue weighted by molar-refractivity contribution is 6.33. The van der Waals surface area contributed by atoms with E-state index in [-0.39, 0.29) is 0 Å². The zero-order valence-corrected chi connectivity index (χ0v) is 19.8. The highest BCUT2D eigenvalue weighted by Crippen LogP contribution is 2.31. The average molecular weight is 482 g/mol. The van der Waals surface area contributed by atoms with Gasteiger partial charge in [0, 0.05) is 18.7 Å². The first-order valence-corrected chi connectivity index (χ1v) is 12.0. The van der Waals surface area contributed by atoms with Gasteiger partial charge in [0.1, 0.15) is 5.82 Å². The summed E-state index contributed by atoms with van der Waals surface area (Å²) in [6.45, 7) is 2.56. The van der Waals surface area contributed by atoms with Crippen LogP contribution in [-0.4, -0.2) is 42.0 Å². The summed E-state index contributed by atoms with van der Waals surface area (Å²) in [7, 11) is 0. The minimum Gasteiger partial charge on any atom is -0.338 e. The highest BCUT2D eigenvalue weighted by Gasteiger charge is 2.20. The largest absolute Gasteiger partial charge is 0.338 e. The van der Waals surface area contributed by atoms with Crippen LogP contribution in [0.25, 0.3) is 22.6 Å². The van der Waals surface area contributed by atoms with Gasteiger partial charge in [-0.15, -0.1) is 10.2 Å². The van der Waals surface area contributed by atoms with Gasteiger partial charge in [0.25, 0.3) is 0 Å². The summed E-state index contributed by atoms with van der Waals surface area (Å²) < 4.78 is 0. The third-order valence-electron chi connectivity index (χ3n) is 6.54. The number of benzene rings is 3. The fourth-order valence-corrected chi connectivity index (χ4v) is 5.01. The molecule has 0 radical (unpaired) electrons. The van der Waals surface area contributed by atoms with E-state index >= 15 is 0 Å². The van der Waals surface area contributed by atoms with E-state index in [1.165, 1.54) is 22.3 Å². The van der Waals surface area contributed by atoms with E-state index in [2.05, 4.69) is 78.0 Å². The van der Waals surface area contributed by atoms with Crippen molar-refractivity contribution in [1.82, 2.24) is 35.5 Å². The van der Waals surface area contributed by atoms with Crippen LogP contribution in [0.15, 0.2) is 72.9 Å². The van der Waals surface area contributed by atoms with Crippen LogP contribution in [0.5, 0.6) is 0 Å². The molecule has 8 heteroatoms. The maximum atomic E-state index is 6.60. The molecule has 1 aliphatic rings. The minimum absolute atomic E-state index is 0.690. The third kappa shape index (κ3) is 4.60. The smallest absolute Gasteiger partial charge is 0.188 e. The molecule has 0 unspecified atom stereocenters. The number of halogens is 1. The molecule has 6 rings (SSSR count). The van der Waals surface area contributed by atoms with Gasteiger partial charge in [0.2, 0.25) is 0 Å². The number of hydrogen-bond acceptors (Lipinski definition) is 5. The molecule has 5 aromatic rings. The SMILES string of the molecule is Clc1ccc(Cc2cccc3c2CCN(Cc2nn[nH]n2)C3)cc1-c1ncc(-c2ccccc2)[nH]1. The summed E-state index contributed by atoms with van der Waals surface area (Å²) in [6, 6.07) is 23.0. The molecule has 0 spiro atoms. The molecule has 174 valence electrons. The Hall–Kier alpha value is -3.81. The maximum absolute atomic E-state index is 6.60. The second-order valence-electron chi connectivity index (χ2n) is 8.85. The van der Waals surface area contributed by atoms with Crippen LogP contribution in [-0.2, 0) is 25.9 Å². The summed E-state index contributed by atoms with van der Waals surface area (Å²) in [4.78, 5) is 10.4. The molecule has 0 bridgehead atoms. The Labute approximate surface area is 208 Å². The van der Waals surface area contributed by atoms with Crippen molar-refractivity contribution < 1.29 is 0 Å². The van der Waals surface area contributed by atoms with Crippen LogP contribution in [0.3, 0.4) is 0 Å². The standard InChI is InChI=1S/C27H24ClN7/c28-24-10-9-18(14-23(24)27-29-15-25(30-27)19-5-2-1-3-6-19)13-20-7-4-8-21-16-35(12-11-22(20)21)17-26-31-33-34-32-26/h1-10,14-15H,11-13,16-17H2,(H,29,30)(H,31,32,33,34). The van der Waals surface area contributed by atoms with Crippen LogP contribution in [0.1, 0.15) is 28.1 Å². The van der Waals surface area contributed by atoms with Crippen LogP contribution < -0.4 is 0 Å². The van der Waals surface area contributed by atoms with E-state index in [1.807, 2.05) is 30.5 Å². The lowest BCUT2D eigenvalue weighted by Crippen LogP contribution is -2.31. The Balaban J connectivity index is 1.23. The minimum atomic E-state index is 0.690. The Morgan fingerprint density at radius 2 is 1.91 bits per heavy atom. The van der Waals surface area contributed by atoms with Gasteiger partial charge in [0.15, 0.2) is 5.82 Å². The molecular weight excluding hydrogens is 458 g/mol. The maximum Gasteiger partial charge on any atom is 0.188 e. The summed E-state index contributed by atoms with van der Waals surface area (Å²) in [5.41, 5.74) is 8.38. The molecule has 2 aromatic heterocycles. The fourth-order valence-electron chi connectivity index (χ4n) is 4.80. The van der Waals surface area contributed by atoms with E-state index in [1.54, 1.807) is 0 Å². The number of aromatic amines is 2. The second kappa shape index (κ2) is 9.44. The topological polar surface area (TPSA) is 86.4 Å². The van der Waals surface area contributed by atoms with Crippen molar-refractivity contribution in [1.29, 1.82) is 0 Å². The first kappa shape index (κ1) is 21.7. The van der Waals surface area contributed by atoms with Crippen LogP contribution in [0.2, 0.25) is 5.02 Å². The summed E-state index contributed by atoms with van der Waals surface area (Å²) >= 11 is 6.60. The van der Waals surface area contributed by atoms with Gasteiger partial charge in [-0.2, -0.15) is 5.21 Å². The van der Waals surface area contributed by atoms with Crippen molar-refractivity contribution in [3.8, 4) is 22.6 Å². The summed E-state index contributed by atoms with van der Waals surface area (Å²) in [6.07, 6.45) is 3.72. The lowest BCUT2D eigenvalue weighted by Gasteiger charge is -2.29. The number of H-pyrrole nitrogens is 2. The number of aromatic nitrogens is 6. The van der Waals surface area contributed by atoms with Crippen LogP contribution in [0, 0.1) is 0 Å². The van der Waals surface area contributed by atoms with Gasteiger partial charge < -0.3 is 4.98 Å². The van der Waals surface area contributed by atoms with Crippen LogP contribution >= 0.6 is 11.6 Å². The molecule has 0 saturated heterocycles. The molecule has 3 aromatic carbocycles. The monoisotopic (exact) mass is 481 g/mol. The van der Waals surface area contributed by atoms with Gasteiger partial charge in [0.05, 0.1) is 23.5 Å². The van der Waals surface area contributed by atoms with Gasteiger partial charge in [-0.05, 0) is 52.8 Å². The number of nitrogens with zero attached hydrogens (tertiary/aromatic N) is 5. The van der Waals surface area contributed by atoms with Crippen molar-refractivity contribution in [3.05, 3.63) is 106 Å². The van der Waals surface area contributed by atoms with Crippen molar-refractivity contribution in [2.45, 2.75) is 25.9 Å². The fraction of sp³-hybridized carbons (Fsp3) is 0.185. The predicted molar refractivity (Wildman–Crippen MR) is 136 cm³/mol. The molecule has 0 atom stereocenters. The van der Waals surface area contributed by atoms with Gasteiger partial charge in [-0.1, -0.05) is 71.4 Å². The molecule has 0 aliphatic carbocycles. The quantitative estimate of drug-likeness (QED) is 0.354. The van der Waals surface area contributed by atoms with Crippen molar-refractivity contribution in [2.24, 2.45) is 0 Å². The van der Waals surface area contributed by atoms with Crippen molar-refractivity contribution in [2.75, 3.05) is 6.54 Å². The van der Waals surface area contributed by atoms with Crippen LogP contribution in [0.4, 0.5) is 0 Å². The first-order valence-electron chi connectivity index (χ1n) is 11.7. The van der Waals surface area contributed by atoms with E-state index in [0.717, 1.165) is 54.4 Å². The molecule has 3 heterocycles. The van der Waals surface area contributed by atoms with E-state index in [4.69, 9.17) is 11.6 Å². The predicted octanol–water partition coefficient (Wildman–Crippen LogP) is 5.06. The Kier molecular flexibility index (Phi) is 5.86. The Bertz CT molecular complexity index is 1440. The normalized spacial score (nSPS) is 13.6. The number of fused-ring (bicyclic) bond motifs is 1. The lowest BCUT2D eigenvalue weighted by molar-refractivity contribution is 0.239. The zero-order valence-electron chi connectivity index (χ0n) is 19.1. The Morgan fingerprint density at radius 3 is 2.77 bits per heavy atom. The summed E-state index contributed by atoms with van der Waals surface area (Å²) in [5, 5.41) is 15.1. The van der Waals surface area contributed by atoms with Crippen molar-refractivity contribution in [3.63, 3.8) is 0 Å². The molecular formula is C27H24ClN7. The number of hydrogen-bond donors (Lipinski definition) is 2. The third-order valence-corrected chi connectivity index (χ3v) is 6.87. The molecule has 1 aliphatic heterocycles. The lowest BCUT2D eigenvalue weighted by atomic mass is 9.90. The molecule has 7 nitrogen and oxygen atoms in total. The number of tetrazole rings is 1. The van der Waals surface area contributed by atoms with E-state index in [0.29, 0.717) is 11.6 Å². The Morgan fingerprint density at radius 1 is 1.00 bits per heavy atom. The zero-order chi connectivity index (χ0) is 23.6. The summed E-state index contributed by atoms with van der Waals surface area (Å²) in [5.74, 6) is 1.51. The second-order valence-corrected chi connectivity index (χ2v) is 9.25. The molecule has 0 amide bonds. The van der Waals surface area contributed by atoms with E-state index < -0.39 is 0 Å². The highest BCUT2D eigenvalue weighted by atomic mass is 35.5. The first-order chi connectivity index (χ1) is 17.2. The average Bonchev–Trinajstić information content (AvgIpc) is 3.58. The molecule has 0 fully saturated rings. The number of nitrogens with one attached hydrogen (secondary N) is 2. The molecule has 0 saturated carbocycles. The molecule has 35 heavy (non-hydrogen) atoms. The molecule has 2 N–H and O–H groups in total. The van der Waals surface area contributed by atoms with Gasteiger partial charge in [-0.3, -0.25) is 4.90 Å².